The highest BCUT2D eigenvalue weighted by atomic mass is 15.0. The van der Waals surface area contributed by atoms with Gasteiger partial charge in [0.1, 0.15) is 0 Å². The molecular formula is C16H22N2. The van der Waals surface area contributed by atoms with E-state index in [0.717, 1.165) is 5.92 Å². The molecule has 0 unspecified atom stereocenters. The third-order valence-electron chi connectivity index (χ3n) is 5.18. The molecular weight excluding hydrogens is 220 g/mol. The van der Waals surface area contributed by atoms with Crippen molar-refractivity contribution in [1.82, 2.24) is 10.3 Å². The van der Waals surface area contributed by atoms with E-state index in [-0.39, 0.29) is 0 Å². The van der Waals surface area contributed by atoms with Crippen LogP contribution in [0, 0.1) is 11.3 Å². The third-order valence-corrected chi connectivity index (χ3v) is 5.18. The minimum absolute atomic E-state index is 0.707. The second-order valence-electron chi connectivity index (χ2n) is 6.70. The van der Waals surface area contributed by atoms with Gasteiger partial charge in [-0.05, 0) is 67.9 Å². The third kappa shape index (κ3) is 1.78. The molecule has 0 bridgehead atoms. The van der Waals surface area contributed by atoms with E-state index in [9.17, 15) is 0 Å². The lowest BCUT2D eigenvalue weighted by Crippen LogP contribution is -2.60. The van der Waals surface area contributed by atoms with Gasteiger partial charge in [-0.25, -0.2) is 0 Å². The summed E-state index contributed by atoms with van der Waals surface area (Å²) in [5, 5.41) is 3.41. The van der Waals surface area contributed by atoms with Gasteiger partial charge in [0.2, 0.25) is 0 Å². The zero-order valence-electron chi connectivity index (χ0n) is 11.0. The van der Waals surface area contributed by atoms with Crippen molar-refractivity contribution < 1.29 is 0 Å². The smallest absolute Gasteiger partial charge is 0.0438 e. The van der Waals surface area contributed by atoms with Crippen LogP contribution in [0.15, 0.2) is 12.1 Å². The molecule has 0 radical (unpaired) electrons. The van der Waals surface area contributed by atoms with Gasteiger partial charge in [0.15, 0.2) is 0 Å². The normalized spacial score (nSPS) is 25.3. The first-order valence-electron chi connectivity index (χ1n) is 7.51. The molecule has 1 saturated heterocycles. The maximum Gasteiger partial charge on any atom is 0.0438 e. The molecule has 1 spiro atoms. The zero-order chi connectivity index (χ0) is 12.0. The Balaban J connectivity index is 1.42. The quantitative estimate of drug-likeness (QED) is 0.862. The summed E-state index contributed by atoms with van der Waals surface area (Å²) in [6.07, 6.45) is 9.23. The van der Waals surface area contributed by atoms with E-state index in [1.54, 1.807) is 0 Å². The van der Waals surface area contributed by atoms with Gasteiger partial charge in [-0.1, -0.05) is 6.07 Å². The summed E-state index contributed by atoms with van der Waals surface area (Å²) < 4.78 is 0. The summed E-state index contributed by atoms with van der Waals surface area (Å²) in [4.78, 5) is 4.91. The van der Waals surface area contributed by atoms with Gasteiger partial charge in [-0.3, -0.25) is 4.98 Å². The Morgan fingerprint density at radius 2 is 2.00 bits per heavy atom. The highest BCUT2D eigenvalue weighted by Gasteiger charge is 2.47. The van der Waals surface area contributed by atoms with Gasteiger partial charge in [-0.2, -0.15) is 0 Å². The van der Waals surface area contributed by atoms with Crippen LogP contribution in [0.1, 0.15) is 42.6 Å². The average Bonchev–Trinajstić information content (AvgIpc) is 2.31. The Hall–Kier alpha value is -0.890. The molecule has 18 heavy (non-hydrogen) atoms. The Morgan fingerprint density at radius 3 is 2.78 bits per heavy atom. The van der Waals surface area contributed by atoms with Crippen LogP contribution in [-0.4, -0.2) is 18.1 Å². The molecule has 0 atom stereocenters. The molecule has 4 rings (SSSR count). The van der Waals surface area contributed by atoms with Crippen molar-refractivity contribution in [3.63, 3.8) is 0 Å². The number of rotatable bonds is 2. The summed E-state index contributed by atoms with van der Waals surface area (Å²) in [5.41, 5.74) is 4.97. The van der Waals surface area contributed by atoms with Crippen LogP contribution in [0.2, 0.25) is 0 Å². The van der Waals surface area contributed by atoms with Crippen LogP contribution in [-0.2, 0) is 19.3 Å². The summed E-state index contributed by atoms with van der Waals surface area (Å²) in [6, 6.07) is 4.63. The topological polar surface area (TPSA) is 24.9 Å². The molecule has 96 valence electrons. The van der Waals surface area contributed by atoms with Crippen LogP contribution in [0.3, 0.4) is 0 Å². The fraction of sp³-hybridized carbons (Fsp3) is 0.688. The number of pyridine rings is 1. The highest BCUT2D eigenvalue weighted by molar-refractivity contribution is 5.25. The lowest BCUT2D eigenvalue weighted by molar-refractivity contribution is 0.000470. The Labute approximate surface area is 109 Å². The molecule has 1 N–H and O–H groups in total. The Kier molecular flexibility index (Phi) is 2.47. The maximum atomic E-state index is 4.91. The van der Waals surface area contributed by atoms with Crippen molar-refractivity contribution in [1.29, 1.82) is 0 Å². The van der Waals surface area contributed by atoms with E-state index in [0.29, 0.717) is 5.41 Å². The number of nitrogens with one attached hydrogen (secondary N) is 1. The van der Waals surface area contributed by atoms with Crippen LogP contribution < -0.4 is 5.32 Å². The van der Waals surface area contributed by atoms with Gasteiger partial charge in [0.05, 0.1) is 0 Å². The highest BCUT2D eigenvalue weighted by Crippen LogP contribution is 2.49. The predicted molar refractivity (Wildman–Crippen MR) is 72.6 cm³/mol. The molecule has 1 aromatic heterocycles. The first kappa shape index (κ1) is 11.0. The molecule has 2 fully saturated rings. The summed E-state index contributed by atoms with van der Waals surface area (Å²) in [7, 11) is 0. The molecule has 1 saturated carbocycles. The van der Waals surface area contributed by atoms with Crippen LogP contribution in [0.5, 0.6) is 0 Å². The molecule has 2 aliphatic carbocycles. The second kappa shape index (κ2) is 4.06. The SMILES string of the molecule is c1cc2c(nc1CC1CC3(CNC3)C1)CCCC2. The van der Waals surface area contributed by atoms with E-state index in [1.807, 2.05) is 0 Å². The minimum Gasteiger partial charge on any atom is -0.316 e. The predicted octanol–water partition coefficient (Wildman–Crippen LogP) is 2.50. The van der Waals surface area contributed by atoms with E-state index in [1.165, 1.54) is 75.0 Å². The lowest BCUT2D eigenvalue weighted by Gasteiger charge is -2.54. The zero-order valence-corrected chi connectivity index (χ0v) is 11.0. The molecule has 3 aliphatic rings. The molecule has 2 nitrogen and oxygen atoms in total. The van der Waals surface area contributed by atoms with Crippen LogP contribution >= 0.6 is 0 Å². The Morgan fingerprint density at radius 1 is 1.17 bits per heavy atom. The molecule has 2 heterocycles. The van der Waals surface area contributed by atoms with Crippen molar-refractivity contribution in [2.75, 3.05) is 13.1 Å². The summed E-state index contributed by atoms with van der Waals surface area (Å²) >= 11 is 0. The standard InChI is InChI=1S/C16H22N2/c1-2-4-15-13(3-1)5-6-14(18-15)7-12-8-16(9-12)10-17-11-16/h5-6,12,17H,1-4,7-11H2. The molecule has 1 aromatic rings. The maximum absolute atomic E-state index is 4.91. The first-order chi connectivity index (χ1) is 8.83. The van der Waals surface area contributed by atoms with Gasteiger partial charge < -0.3 is 5.32 Å². The van der Waals surface area contributed by atoms with Crippen LogP contribution in [0.4, 0.5) is 0 Å². The lowest BCUT2D eigenvalue weighted by atomic mass is 9.57. The molecule has 2 heteroatoms. The number of nitrogens with zero attached hydrogens (tertiary/aromatic N) is 1. The average molecular weight is 242 g/mol. The van der Waals surface area contributed by atoms with Crippen molar-refractivity contribution in [3.8, 4) is 0 Å². The van der Waals surface area contributed by atoms with Gasteiger partial charge >= 0.3 is 0 Å². The van der Waals surface area contributed by atoms with Crippen molar-refractivity contribution >= 4 is 0 Å². The largest absolute Gasteiger partial charge is 0.316 e. The summed E-state index contributed by atoms with van der Waals surface area (Å²) in [6.45, 7) is 2.53. The van der Waals surface area contributed by atoms with Crippen molar-refractivity contribution in [3.05, 3.63) is 29.1 Å². The van der Waals surface area contributed by atoms with Gasteiger partial charge in [0, 0.05) is 24.5 Å². The van der Waals surface area contributed by atoms with E-state index >= 15 is 0 Å². The van der Waals surface area contributed by atoms with Gasteiger partial charge in [0.25, 0.3) is 0 Å². The Bertz CT molecular complexity index is 454. The van der Waals surface area contributed by atoms with E-state index < -0.39 is 0 Å². The summed E-state index contributed by atoms with van der Waals surface area (Å²) in [5.74, 6) is 0.904. The first-order valence-corrected chi connectivity index (χ1v) is 7.51. The monoisotopic (exact) mass is 242 g/mol. The fourth-order valence-electron chi connectivity index (χ4n) is 4.11. The number of aryl methyl sites for hydroxylation is 2. The molecule has 0 amide bonds. The number of hydrogen-bond donors (Lipinski definition) is 1. The second-order valence-corrected chi connectivity index (χ2v) is 6.70. The van der Waals surface area contributed by atoms with Crippen molar-refractivity contribution in [2.24, 2.45) is 11.3 Å². The number of aromatic nitrogens is 1. The number of fused-ring (bicyclic) bond motifs is 1. The van der Waals surface area contributed by atoms with Crippen LogP contribution in [0.25, 0.3) is 0 Å². The van der Waals surface area contributed by atoms with E-state index in [2.05, 4.69) is 17.4 Å². The van der Waals surface area contributed by atoms with Crippen molar-refractivity contribution in [2.45, 2.75) is 44.9 Å². The van der Waals surface area contributed by atoms with Gasteiger partial charge in [-0.15, -0.1) is 0 Å². The molecule has 0 aromatic carbocycles. The fourth-order valence-corrected chi connectivity index (χ4v) is 4.11. The molecule has 1 aliphatic heterocycles. The number of hydrogen-bond acceptors (Lipinski definition) is 2. The van der Waals surface area contributed by atoms with E-state index in [4.69, 9.17) is 4.98 Å². The minimum atomic E-state index is 0.707.